The molecule has 0 bridgehead atoms. The van der Waals surface area contributed by atoms with Crippen molar-refractivity contribution < 1.29 is 4.39 Å². The fourth-order valence-corrected chi connectivity index (χ4v) is 4.56. The van der Waals surface area contributed by atoms with Crippen molar-refractivity contribution in [1.29, 1.82) is 0 Å². The van der Waals surface area contributed by atoms with E-state index in [9.17, 15) is 4.39 Å². The lowest BCUT2D eigenvalue weighted by molar-refractivity contribution is 0.239. The van der Waals surface area contributed by atoms with Crippen LogP contribution in [-0.2, 0) is 0 Å². The van der Waals surface area contributed by atoms with Crippen molar-refractivity contribution in [1.82, 2.24) is 0 Å². The second-order valence-corrected chi connectivity index (χ2v) is 8.03. The van der Waals surface area contributed by atoms with E-state index >= 15 is 0 Å². The van der Waals surface area contributed by atoms with Gasteiger partial charge in [-0.05, 0) is 71.6 Å². The highest BCUT2D eigenvalue weighted by Crippen LogP contribution is 2.39. The Bertz CT molecular complexity index is 800. The van der Waals surface area contributed by atoms with E-state index in [0.717, 1.165) is 23.0 Å². The molecule has 1 fully saturated rings. The number of rotatable bonds is 6. The van der Waals surface area contributed by atoms with Crippen LogP contribution < -0.4 is 0 Å². The molecule has 0 saturated heterocycles. The summed E-state index contributed by atoms with van der Waals surface area (Å²) >= 11 is 4.55. The molecule has 0 aromatic heterocycles. The van der Waals surface area contributed by atoms with Gasteiger partial charge in [0.1, 0.15) is 11.5 Å². The normalized spacial score (nSPS) is 20.7. The van der Waals surface area contributed by atoms with Crippen LogP contribution in [0.5, 0.6) is 0 Å². The minimum absolute atomic E-state index is 0.234. The van der Waals surface area contributed by atoms with E-state index in [2.05, 4.69) is 60.5 Å². The Morgan fingerprint density at radius 2 is 1.74 bits per heavy atom. The number of nitrogens with zero attached hydrogens (tertiary/aromatic N) is 1. The monoisotopic (exact) mass is 381 g/mol. The van der Waals surface area contributed by atoms with Crippen molar-refractivity contribution in [3.05, 3.63) is 53.8 Å². The van der Waals surface area contributed by atoms with Crippen LogP contribution in [0.25, 0.3) is 11.1 Å². The van der Waals surface area contributed by atoms with Crippen molar-refractivity contribution in [2.24, 2.45) is 16.8 Å². The fraction of sp³-hybridized carbons (Fsp3) is 0.458. The highest BCUT2D eigenvalue weighted by atomic mass is 32.1. The van der Waals surface area contributed by atoms with E-state index in [0.29, 0.717) is 5.92 Å². The summed E-state index contributed by atoms with van der Waals surface area (Å²) in [6.07, 6.45) is 8.17. The molecule has 3 rings (SSSR count). The van der Waals surface area contributed by atoms with Crippen LogP contribution >= 0.6 is 12.2 Å². The summed E-state index contributed by atoms with van der Waals surface area (Å²) < 4.78 is 14.1. The molecule has 1 saturated carbocycles. The smallest absolute Gasteiger partial charge is 0.150 e. The summed E-state index contributed by atoms with van der Waals surface area (Å²) in [6.45, 7) is 4.65. The average molecular weight is 382 g/mol. The molecule has 3 heteroatoms. The first-order chi connectivity index (χ1) is 13.1. The van der Waals surface area contributed by atoms with Gasteiger partial charge in [-0.15, -0.1) is 0 Å². The number of hydrogen-bond acceptors (Lipinski definition) is 2. The zero-order valence-corrected chi connectivity index (χ0v) is 17.1. The predicted octanol–water partition coefficient (Wildman–Crippen LogP) is 7.94. The van der Waals surface area contributed by atoms with Crippen LogP contribution in [0.3, 0.4) is 0 Å². The summed E-state index contributed by atoms with van der Waals surface area (Å²) in [6, 6.07) is 13.7. The van der Waals surface area contributed by atoms with Gasteiger partial charge in [0.2, 0.25) is 0 Å². The lowest BCUT2D eigenvalue weighted by Crippen LogP contribution is -2.19. The molecule has 1 unspecified atom stereocenters. The SMILES string of the molecule is CCC[C@H]1CC[C@H](C(C)c2ccc(-c3ccc(N=C=S)c(F)c3)cc2)CC1. The molecule has 0 amide bonds. The molecule has 2 aromatic rings. The van der Waals surface area contributed by atoms with Crippen molar-refractivity contribution in [2.75, 3.05) is 0 Å². The zero-order chi connectivity index (χ0) is 19.2. The lowest BCUT2D eigenvalue weighted by Gasteiger charge is -2.32. The molecule has 2 aromatic carbocycles. The third-order valence-corrected chi connectivity index (χ3v) is 6.27. The summed E-state index contributed by atoms with van der Waals surface area (Å²) in [5.41, 5.74) is 3.50. The molecule has 0 aliphatic heterocycles. The van der Waals surface area contributed by atoms with Gasteiger partial charge in [0.25, 0.3) is 0 Å². The molecule has 27 heavy (non-hydrogen) atoms. The maximum atomic E-state index is 14.1. The summed E-state index contributed by atoms with van der Waals surface area (Å²) in [4.78, 5) is 3.74. The fourth-order valence-electron chi connectivity index (χ4n) is 4.46. The highest BCUT2D eigenvalue weighted by Gasteiger charge is 2.25. The molecule has 0 N–H and O–H groups in total. The maximum absolute atomic E-state index is 14.1. The van der Waals surface area contributed by atoms with E-state index in [4.69, 9.17) is 0 Å². The first kappa shape index (κ1) is 19.9. The van der Waals surface area contributed by atoms with Crippen LogP contribution in [0.2, 0.25) is 0 Å². The van der Waals surface area contributed by atoms with Gasteiger partial charge in [0.05, 0.1) is 5.16 Å². The van der Waals surface area contributed by atoms with Crippen LogP contribution in [-0.4, -0.2) is 5.16 Å². The third kappa shape index (κ3) is 4.91. The van der Waals surface area contributed by atoms with Crippen LogP contribution in [0, 0.1) is 17.7 Å². The van der Waals surface area contributed by atoms with Gasteiger partial charge in [-0.25, -0.2) is 4.39 Å². The molecule has 0 heterocycles. The molecule has 1 aliphatic rings. The molecule has 142 valence electrons. The summed E-state index contributed by atoms with van der Waals surface area (Å²) in [5, 5.41) is 2.21. The van der Waals surface area contributed by atoms with Crippen molar-refractivity contribution >= 4 is 23.1 Å². The quantitative estimate of drug-likeness (QED) is 0.365. The van der Waals surface area contributed by atoms with Crippen LogP contribution in [0.4, 0.5) is 10.1 Å². The largest absolute Gasteiger partial charge is 0.205 e. The molecule has 1 aliphatic carbocycles. The Morgan fingerprint density at radius 1 is 1.07 bits per heavy atom. The van der Waals surface area contributed by atoms with Crippen LogP contribution in [0.15, 0.2) is 47.5 Å². The van der Waals surface area contributed by atoms with Crippen molar-refractivity contribution in [3.63, 3.8) is 0 Å². The van der Waals surface area contributed by atoms with Gasteiger partial charge in [0, 0.05) is 0 Å². The van der Waals surface area contributed by atoms with Gasteiger partial charge in [-0.2, -0.15) is 4.99 Å². The second kappa shape index (κ2) is 9.39. The Hall–Kier alpha value is -1.83. The number of aliphatic imine (C=N–C) groups is 1. The number of isothiocyanates is 1. The van der Waals surface area contributed by atoms with E-state index in [-0.39, 0.29) is 11.5 Å². The maximum Gasteiger partial charge on any atom is 0.150 e. The second-order valence-electron chi connectivity index (χ2n) is 7.85. The topological polar surface area (TPSA) is 12.4 Å². The average Bonchev–Trinajstić information content (AvgIpc) is 2.70. The summed E-state index contributed by atoms with van der Waals surface area (Å²) in [7, 11) is 0. The van der Waals surface area contributed by atoms with Gasteiger partial charge in [-0.3, -0.25) is 0 Å². The van der Waals surface area contributed by atoms with E-state index in [1.807, 2.05) is 6.07 Å². The van der Waals surface area contributed by atoms with E-state index < -0.39 is 0 Å². The number of hydrogen-bond donors (Lipinski definition) is 0. The zero-order valence-electron chi connectivity index (χ0n) is 16.2. The van der Waals surface area contributed by atoms with Gasteiger partial charge in [-0.1, -0.05) is 69.9 Å². The van der Waals surface area contributed by atoms with Gasteiger partial charge in [0.15, 0.2) is 0 Å². The van der Waals surface area contributed by atoms with Gasteiger partial charge < -0.3 is 0 Å². The number of halogens is 1. The number of thiocarbonyl (C=S) groups is 1. The van der Waals surface area contributed by atoms with Crippen LogP contribution in [0.1, 0.15) is 63.9 Å². The summed E-state index contributed by atoms with van der Waals surface area (Å²) in [5.74, 6) is 1.94. The molecular formula is C24H28FNS. The minimum atomic E-state index is -0.369. The molecule has 0 radical (unpaired) electrons. The molecular weight excluding hydrogens is 353 g/mol. The molecule has 1 nitrogen and oxygen atoms in total. The standard InChI is InChI=1S/C24H28FNS/c1-3-4-18-5-7-19(8-6-18)17(2)20-9-11-21(12-10-20)22-13-14-24(26-16-27)23(25)15-22/h9-15,17-19H,3-8H2,1-2H3/t17?,18-,19-. The van der Waals surface area contributed by atoms with Gasteiger partial charge >= 0.3 is 0 Å². The first-order valence-electron chi connectivity index (χ1n) is 10.1. The first-order valence-corrected chi connectivity index (χ1v) is 10.5. The van der Waals surface area contributed by atoms with Crippen molar-refractivity contribution in [2.45, 2.75) is 58.3 Å². The Balaban J connectivity index is 1.68. The lowest BCUT2D eigenvalue weighted by atomic mass is 9.73. The van der Waals surface area contributed by atoms with E-state index in [1.54, 1.807) is 6.07 Å². The molecule has 1 atom stereocenters. The Morgan fingerprint density at radius 3 is 2.33 bits per heavy atom. The third-order valence-electron chi connectivity index (χ3n) is 6.18. The number of benzene rings is 2. The Labute approximate surface area is 167 Å². The van der Waals surface area contributed by atoms with Crippen molar-refractivity contribution in [3.8, 4) is 11.1 Å². The highest BCUT2D eigenvalue weighted by molar-refractivity contribution is 7.78. The van der Waals surface area contributed by atoms with E-state index in [1.165, 1.54) is 50.2 Å². The Kier molecular flexibility index (Phi) is 6.93. The predicted molar refractivity (Wildman–Crippen MR) is 115 cm³/mol. The minimum Gasteiger partial charge on any atom is -0.205 e. The molecule has 0 spiro atoms.